The molecule has 0 saturated carbocycles. The molecule has 0 unspecified atom stereocenters. The predicted molar refractivity (Wildman–Crippen MR) is 79.3 cm³/mol. The van der Waals surface area contributed by atoms with Crippen molar-refractivity contribution in [3.63, 3.8) is 0 Å². The Morgan fingerprint density at radius 1 is 1.00 bits per heavy atom. The highest BCUT2D eigenvalue weighted by molar-refractivity contribution is 5.56. The number of benzene rings is 2. The Labute approximate surface area is 119 Å². The number of hydrogen-bond acceptors (Lipinski definition) is 1. The van der Waals surface area contributed by atoms with Crippen LogP contribution in [0.5, 0.6) is 0 Å². The van der Waals surface area contributed by atoms with Gasteiger partial charge in [0.2, 0.25) is 0 Å². The summed E-state index contributed by atoms with van der Waals surface area (Å²) in [4.78, 5) is 0. The zero-order valence-corrected chi connectivity index (χ0v) is 12.3. The first-order chi connectivity index (χ1) is 9.45. The molecule has 102 valence electrons. The van der Waals surface area contributed by atoms with Crippen molar-refractivity contribution in [1.82, 2.24) is 0 Å². The molecule has 0 N–H and O–H groups in total. The third-order valence-corrected chi connectivity index (χ3v) is 4.20. The first kappa shape index (κ1) is 14.3. The molecule has 0 fully saturated rings. The van der Waals surface area contributed by atoms with Gasteiger partial charge in [0.05, 0.1) is 11.6 Å². The summed E-state index contributed by atoms with van der Waals surface area (Å²) in [6.07, 6.45) is 0.592. The second kappa shape index (κ2) is 5.46. The van der Waals surface area contributed by atoms with Crippen molar-refractivity contribution >= 4 is 0 Å². The largest absolute Gasteiger partial charge is 0.207 e. The van der Waals surface area contributed by atoms with Gasteiger partial charge in [-0.3, -0.25) is 0 Å². The first-order valence-electron chi connectivity index (χ1n) is 6.69. The Balaban J connectivity index is 2.60. The summed E-state index contributed by atoms with van der Waals surface area (Å²) in [6, 6.07) is 8.89. The molecule has 2 aromatic rings. The summed E-state index contributed by atoms with van der Waals surface area (Å²) in [5, 5.41) is 9.45. The van der Waals surface area contributed by atoms with Crippen LogP contribution < -0.4 is 0 Å². The highest BCUT2D eigenvalue weighted by Crippen LogP contribution is 2.28. The predicted octanol–water partition coefficient (Wildman–Crippen LogP) is 4.52. The van der Waals surface area contributed by atoms with Crippen LogP contribution in [0.4, 0.5) is 4.39 Å². The van der Waals surface area contributed by atoms with Gasteiger partial charge in [-0.15, -0.1) is 0 Å². The molecule has 0 saturated heterocycles. The third-order valence-electron chi connectivity index (χ3n) is 4.20. The molecule has 0 aliphatic heterocycles. The Bertz CT molecular complexity index is 708. The lowest BCUT2D eigenvalue weighted by atomic mass is 9.86. The summed E-state index contributed by atoms with van der Waals surface area (Å²) in [7, 11) is 0. The average Bonchev–Trinajstić information content (AvgIpc) is 2.43. The van der Waals surface area contributed by atoms with Gasteiger partial charge in [0, 0.05) is 0 Å². The van der Waals surface area contributed by atoms with Crippen molar-refractivity contribution < 1.29 is 4.39 Å². The molecule has 2 rings (SSSR count). The minimum atomic E-state index is -0.237. The van der Waals surface area contributed by atoms with Gasteiger partial charge in [0.15, 0.2) is 0 Å². The standard InChI is InChI=1S/C18H18FN/c1-11-12(2)14(4)18(10-20)17(13(11)3)9-15-6-5-7-16(19)8-15/h5-8H,9H2,1-4H3. The molecule has 0 atom stereocenters. The van der Waals surface area contributed by atoms with Crippen molar-refractivity contribution in [2.24, 2.45) is 0 Å². The van der Waals surface area contributed by atoms with Crippen LogP contribution in [-0.2, 0) is 6.42 Å². The van der Waals surface area contributed by atoms with Crippen molar-refractivity contribution in [2.75, 3.05) is 0 Å². The molecule has 0 radical (unpaired) electrons. The fourth-order valence-corrected chi connectivity index (χ4v) is 2.61. The topological polar surface area (TPSA) is 23.8 Å². The Morgan fingerprint density at radius 3 is 2.25 bits per heavy atom. The molecule has 1 nitrogen and oxygen atoms in total. The van der Waals surface area contributed by atoms with Gasteiger partial charge in [-0.1, -0.05) is 12.1 Å². The third kappa shape index (κ3) is 2.44. The van der Waals surface area contributed by atoms with Gasteiger partial charge in [-0.25, -0.2) is 4.39 Å². The Hall–Kier alpha value is -2.14. The van der Waals surface area contributed by atoms with E-state index in [1.807, 2.05) is 26.8 Å². The molecule has 2 aromatic carbocycles. The van der Waals surface area contributed by atoms with Gasteiger partial charge < -0.3 is 0 Å². The van der Waals surface area contributed by atoms with Crippen LogP contribution in [-0.4, -0.2) is 0 Å². The van der Waals surface area contributed by atoms with E-state index in [0.717, 1.165) is 27.8 Å². The minimum absolute atomic E-state index is 0.237. The molecule has 0 amide bonds. The quantitative estimate of drug-likeness (QED) is 0.784. The second-order valence-corrected chi connectivity index (χ2v) is 5.27. The molecule has 0 aliphatic carbocycles. The first-order valence-corrected chi connectivity index (χ1v) is 6.69. The maximum Gasteiger partial charge on any atom is 0.123 e. The van der Waals surface area contributed by atoms with E-state index < -0.39 is 0 Å². The van der Waals surface area contributed by atoms with Crippen LogP contribution in [0.25, 0.3) is 0 Å². The Morgan fingerprint density at radius 2 is 1.65 bits per heavy atom. The van der Waals surface area contributed by atoms with E-state index in [-0.39, 0.29) is 5.82 Å². The molecular weight excluding hydrogens is 249 g/mol. The normalized spacial score (nSPS) is 10.4. The molecule has 20 heavy (non-hydrogen) atoms. The highest BCUT2D eigenvalue weighted by Gasteiger charge is 2.15. The van der Waals surface area contributed by atoms with Crippen LogP contribution >= 0.6 is 0 Å². The number of nitriles is 1. The lowest BCUT2D eigenvalue weighted by Crippen LogP contribution is -2.04. The maximum atomic E-state index is 13.3. The van der Waals surface area contributed by atoms with E-state index in [4.69, 9.17) is 0 Å². The number of rotatable bonds is 2. The lowest BCUT2D eigenvalue weighted by Gasteiger charge is -2.17. The van der Waals surface area contributed by atoms with E-state index in [9.17, 15) is 9.65 Å². The van der Waals surface area contributed by atoms with Crippen molar-refractivity contribution in [1.29, 1.82) is 5.26 Å². The van der Waals surface area contributed by atoms with Gasteiger partial charge >= 0.3 is 0 Å². The van der Waals surface area contributed by atoms with Gasteiger partial charge in [-0.05, 0) is 79.6 Å². The summed E-state index contributed by atoms with van der Waals surface area (Å²) in [5.41, 5.74) is 7.19. The Kier molecular flexibility index (Phi) is 3.90. The van der Waals surface area contributed by atoms with Crippen LogP contribution in [0.3, 0.4) is 0 Å². The van der Waals surface area contributed by atoms with Crippen LogP contribution in [0.15, 0.2) is 24.3 Å². The van der Waals surface area contributed by atoms with E-state index in [1.54, 1.807) is 6.07 Å². The average molecular weight is 267 g/mol. The number of nitrogens with zero attached hydrogens (tertiary/aromatic N) is 1. The number of halogens is 1. The SMILES string of the molecule is Cc1c(C)c(C)c(Cc2cccc(F)c2)c(C#N)c1C. The van der Waals surface area contributed by atoms with Crippen molar-refractivity contribution in [3.05, 3.63) is 69.0 Å². The zero-order valence-electron chi connectivity index (χ0n) is 12.3. The van der Waals surface area contributed by atoms with E-state index in [1.165, 1.54) is 23.3 Å². The summed E-state index contributed by atoms with van der Waals surface area (Å²) < 4.78 is 13.3. The molecule has 0 aromatic heterocycles. The number of hydrogen-bond donors (Lipinski definition) is 0. The summed E-state index contributed by atoms with van der Waals surface area (Å²) >= 11 is 0. The second-order valence-electron chi connectivity index (χ2n) is 5.27. The monoisotopic (exact) mass is 267 g/mol. The van der Waals surface area contributed by atoms with Crippen molar-refractivity contribution in [3.8, 4) is 6.07 Å². The van der Waals surface area contributed by atoms with E-state index >= 15 is 0 Å². The summed E-state index contributed by atoms with van der Waals surface area (Å²) in [5.74, 6) is -0.237. The van der Waals surface area contributed by atoms with Crippen LogP contribution in [0.1, 0.15) is 38.9 Å². The van der Waals surface area contributed by atoms with Crippen LogP contribution in [0.2, 0.25) is 0 Å². The van der Waals surface area contributed by atoms with Gasteiger partial charge in [-0.2, -0.15) is 5.26 Å². The van der Waals surface area contributed by atoms with Gasteiger partial charge in [0.1, 0.15) is 5.82 Å². The fourth-order valence-electron chi connectivity index (χ4n) is 2.61. The smallest absolute Gasteiger partial charge is 0.123 e. The van der Waals surface area contributed by atoms with Crippen molar-refractivity contribution in [2.45, 2.75) is 34.1 Å². The van der Waals surface area contributed by atoms with E-state index in [2.05, 4.69) is 13.0 Å². The summed E-state index contributed by atoms with van der Waals surface area (Å²) in [6.45, 7) is 8.14. The maximum absolute atomic E-state index is 13.3. The lowest BCUT2D eigenvalue weighted by molar-refractivity contribution is 0.626. The van der Waals surface area contributed by atoms with E-state index in [0.29, 0.717) is 6.42 Å². The van der Waals surface area contributed by atoms with Gasteiger partial charge in [0.25, 0.3) is 0 Å². The molecule has 0 bridgehead atoms. The molecular formula is C18H18FN. The van der Waals surface area contributed by atoms with Crippen LogP contribution in [0, 0.1) is 44.8 Å². The highest BCUT2D eigenvalue weighted by atomic mass is 19.1. The molecule has 0 spiro atoms. The molecule has 2 heteroatoms. The zero-order chi connectivity index (χ0) is 14.9. The molecule has 0 aliphatic rings. The fraction of sp³-hybridized carbons (Fsp3) is 0.278. The molecule has 0 heterocycles. The minimum Gasteiger partial charge on any atom is -0.207 e.